The number of para-hydroxylation sites is 1. The molecule has 3 aromatic carbocycles. The van der Waals surface area contributed by atoms with Crippen LogP contribution in [0.5, 0.6) is 5.75 Å². The molecule has 0 aliphatic rings. The van der Waals surface area contributed by atoms with Gasteiger partial charge in [-0.05, 0) is 43.3 Å². The Morgan fingerprint density at radius 3 is 2.34 bits per heavy atom. The molecule has 1 heterocycles. The minimum absolute atomic E-state index is 0.0770. The molecule has 0 unspecified atom stereocenters. The molecule has 29 heavy (non-hydrogen) atoms. The standard InChI is InChI=1S/C23H19N3O3/c1-16-7-9-17(10-8-16)22-25-23(29-26-22)18-11-13-20(14-12-18)28-15-21(27)24-19-5-3-2-4-6-19/h2-14H,15H2,1H3,(H,24,27). The molecule has 0 bridgehead atoms. The maximum absolute atomic E-state index is 12.0. The Bertz CT molecular complexity index is 1090. The fraction of sp³-hybridized carbons (Fsp3) is 0.0870. The average Bonchev–Trinajstić information content (AvgIpc) is 3.24. The van der Waals surface area contributed by atoms with Crippen LogP contribution >= 0.6 is 0 Å². The summed E-state index contributed by atoms with van der Waals surface area (Å²) in [6, 6.07) is 24.3. The topological polar surface area (TPSA) is 77.2 Å². The fourth-order valence-electron chi connectivity index (χ4n) is 2.72. The van der Waals surface area contributed by atoms with Crippen LogP contribution in [-0.2, 0) is 4.79 Å². The van der Waals surface area contributed by atoms with Crippen LogP contribution in [0, 0.1) is 6.92 Å². The number of hydrogen-bond acceptors (Lipinski definition) is 5. The summed E-state index contributed by atoms with van der Waals surface area (Å²) in [6.07, 6.45) is 0. The lowest BCUT2D eigenvalue weighted by atomic mass is 10.1. The van der Waals surface area contributed by atoms with Gasteiger partial charge in [0, 0.05) is 16.8 Å². The summed E-state index contributed by atoms with van der Waals surface area (Å²) < 4.78 is 10.9. The van der Waals surface area contributed by atoms with Gasteiger partial charge in [-0.15, -0.1) is 0 Å². The van der Waals surface area contributed by atoms with E-state index in [0.717, 1.165) is 16.8 Å². The highest BCUT2D eigenvalue weighted by atomic mass is 16.5. The number of aromatic nitrogens is 2. The lowest BCUT2D eigenvalue weighted by Gasteiger charge is -2.07. The highest BCUT2D eigenvalue weighted by molar-refractivity contribution is 5.91. The number of nitrogens with one attached hydrogen (secondary N) is 1. The van der Waals surface area contributed by atoms with E-state index in [0.29, 0.717) is 17.5 Å². The Morgan fingerprint density at radius 2 is 1.62 bits per heavy atom. The monoisotopic (exact) mass is 385 g/mol. The molecule has 6 heteroatoms. The molecule has 4 aromatic rings. The van der Waals surface area contributed by atoms with Gasteiger partial charge in [-0.1, -0.05) is 53.2 Å². The second kappa shape index (κ2) is 8.39. The first kappa shape index (κ1) is 18.4. The summed E-state index contributed by atoms with van der Waals surface area (Å²) in [6.45, 7) is 1.95. The van der Waals surface area contributed by atoms with Gasteiger partial charge in [-0.3, -0.25) is 4.79 Å². The van der Waals surface area contributed by atoms with Gasteiger partial charge in [-0.25, -0.2) is 0 Å². The Balaban J connectivity index is 1.37. The molecule has 0 spiro atoms. The normalized spacial score (nSPS) is 10.5. The van der Waals surface area contributed by atoms with Gasteiger partial charge in [0.05, 0.1) is 0 Å². The van der Waals surface area contributed by atoms with Gasteiger partial charge in [0.25, 0.3) is 11.8 Å². The van der Waals surface area contributed by atoms with Crippen LogP contribution in [0.15, 0.2) is 83.4 Å². The van der Waals surface area contributed by atoms with Crippen molar-refractivity contribution in [2.24, 2.45) is 0 Å². The van der Waals surface area contributed by atoms with Crippen molar-refractivity contribution in [2.45, 2.75) is 6.92 Å². The Hall–Kier alpha value is -3.93. The molecule has 0 aliphatic heterocycles. The van der Waals surface area contributed by atoms with Crippen molar-refractivity contribution in [3.8, 4) is 28.6 Å². The maximum Gasteiger partial charge on any atom is 0.262 e. The Morgan fingerprint density at radius 1 is 0.931 bits per heavy atom. The van der Waals surface area contributed by atoms with E-state index < -0.39 is 0 Å². The molecule has 0 fully saturated rings. The summed E-state index contributed by atoms with van der Waals surface area (Å²) in [5, 5.41) is 6.82. The quantitative estimate of drug-likeness (QED) is 0.519. The van der Waals surface area contributed by atoms with Gasteiger partial charge in [0.2, 0.25) is 5.82 Å². The molecule has 1 amide bonds. The smallest absolute Gasteiger partial charge is 0.262 e. The number of benzene rings is 3. The molecule has 4 rings (SSSR count). The maximum atomic E-state index is 12.0. The number of ether oxygens (including phenoxy) is 1. The third kappa shape index (κ3) is 4.68. The highest BCUT2D eigenvalue weighted by Gasteiger charge is 2.11. The number of hydrogen-bond donors (Lipinski definition) is 1. The zero-order valence-corrected chi connectivity index (χ0v) is 15.8. The molecule has 0 atom stereocenters. The van der Waals surface area contributed by atoms with Gasteiger partial charge in [0.15, 0.2) is 6.61 Å². The van der Waals surface area contributed by atoms with Crippen molar-refractivity contribution < 1.29 is 14.1 Å². The van der Waals surface area contributed by atoms with Gasteiger partial charge in [0.1, 0.15) is 5.75 Å². The molecule has 0 radical (unpaired) electrons. The van der Waals surface area contributed by atoms with Crippen LogP contribution in [0.4, 0.5) is 5.69 Å². The first-order chi connectivity index (χ1) is 14.2. The summed E-state index contributed by atoms with van der Waals surface area (Å²) in [7, 11) is 0. The molecule has 6 nitrogen and oxygen atoms in total. The largest absolute Gasteiger partial charge is 0.484 e. The second-order valence-electron chi connectivity index (χ2n) is 6.52. The predicted octanol–water partition coefficient (Wildman–Crippen LogP) is 4.73. The van der Waals surface area contributed by atoms with E-state index in [1.807, 2.05) is 73.7 Å². The summed E-state index contributed by atoms with van der Waals surface area (Å²) in [4.78, 5) is 16.4. The number of rotatable bonds is 6. The van der Waals surface area contributed by atoms with Gasteiger partial charge >= 0.3 is 0 Å². The second-order valence-corrected chi connectivity index (χ2v) is 6.52. The van der Waals surface area contributed by atoms with Crippen LogP contribution in [0.25, 0.3) is 22.8 Å². The van der Waals surface area contributed by atoms with Gasteiger partial charge < -0.3 is 14.6 Å². The number of anilines is 1. The average molecular weight is 385 g/mol. The van der Waals surface area contributed by atoms with Crippen molar-refractivity contribution >= 4 is 11.6 Å². The third-order valence-corrected chi connectivity index (χ3v) is 4.26. The van der Waals surface area contributed by atoms with E-state index in [-0.39, 0.29) is 12.5 Å². The molecule has 144 valence electrons. The number of carbonyl (C=O) groups is 1. The van der Waals surface area contributed by atoms with Crippen LogP contribution in [0.1, 0.15) is 5.56 Å². The van der Waals surface area contributed by atoms with Crippen LogP contribution in [0.2, 0.25) is 0 Å². The lowest BCUT2D eigenvalue weighted by molar-refractivity contribution is -0.118. The van der Waals surface area contributed by atoms with Crippen molar-refractivity contribution in [2.75, 3.05) is 11.9 Å². The van der Waals surface area contributed by atoms with E-state index in [1.54, 1.807) is 12.1 Å². The SMILES string of the molecule is Cc1ccc(-c2noc(-c3ccc(OCC(=O)Nc4ccccc4)cc3)n2)cc1. The van der Waals surface area contributed by atoms with Crippen molar-refractivity contribution in [1.82, 2.24) is 10.1 Å². The summed E-state index contributed by atoms with van der Waals surface area (Å²) >= 11 is 0. The zero-order chi connectivity index (χ0) is 20.1. The predicted molar refractivity (Wildman–Crippen MR) is 110 cm³/mol. The minimum atomic E-state index is -0.222. The number of amides is 1. The molecule has 0 saturated heterocycles. The van der Waals surface area contributed by atoms with Crippen LogP contribution in [-0.4, -0.2) is 22.7 Å². The zero-order valence-electron chi connectivity index (χ0n) is 15.8. The molecular weight excluding hydrogens is 366 g/mol. The van der Waals surface area contributed by atoms with Crippen LogP contribution < -0.4 is 10.1 Å². The summed E-state index contributed by atoms with van der Waals surface area (Å²) in [5.41, 5.74) is 3.58. The van der Waals surface area contributed by atoms with Crippen molar-refractivity contribution in [3.05, 3.63) is 84.4 Å². The van der Waals surface area contributed by atoms with Crippen molar-refractivity contribution in [3.63, 3.8) is 0 Å². The molecule has 0 saturated carbocycles. The van der Waals surface area contributed by atoms with E-state index in [9.17, 15) is 4.79 Å². The highest BCUT2D eigenvalue weighted by Crippen LogP contribution is 2.24. The van der Waals surface area contributed by atoms with Crippen molar-refractivity contribution in [1.29, 1.82) is 0 Å². The third-order valence-electron chi connectivity index (χ3n) is 4.26. The summed E-state index contributed by atoms with van der Waals surface area (Å²) in [5.74, 6) is 1.32. The van der Waals surface area contributed by atoms with E-state index in [2.05, 4.69) is 15.5 Å². The number of aryl methyl sites for hydroxylation is 1. The van der Waals surface area contributed by atoms with E-state index in [1.165, 1.54) is 5.56 Å². The Labute approximate surface area is 168 Å². The number of nitrogens with zero attached hydrogens (tertiary/aromatic N) is 2. The number of carbonyl (C=O) groups excluding carboxylic acids is 1. The molecule has 1 N–H and O–H groups in total. The minimum Gasteiger partial charge on any atom is -0.484 e. The lowest BCUT2D eigenvalue weighted by Crippen LogP contribution is -2.20. The molecular formula is C23H19N3O3. The van der Waals surface area contributed by atoms with Gasteiger partial charge in [-0.2, -0.15) is 4.98 Å². The molecule has 1 aromatic heterocycles. The fourth-order valence-corrected chi connectivity index (χ4v) is 2.72. The first-order valence-corrected chi connectivity index (χ1v) is 9.16. The molecule has 0 aliphatic carbocycles. The van der Waals surface area contributed by atoms with Crippen LogP contribution in [0.3, 0.4) is 0 Å². The van der Waals surface area contributed by atoms with E-state index in [4.69, 9.17) is 9.26 Å². The first-order valence-electron chi connectivity index (χ1n) is 9.16. The Kier molecular flexibility index (Phi) is 5.33. The van der Waals surface area contributed by atoms with E-state index >= 15 is 0 Å².